The number of carboxylic acid groups (broad SMARTS) is 1. The predicted molar refractivity (Wildman–Crippen MR) is 62.2 cm³/mol. The van der Waals surface area contributed by atoms with Crippen LogP contribution in [0.2, 0.25) is 5.02 Å². The molecule has 0 fully saturated rings. The Kier molecular flexibility index (Phi) is 3.30. The lowest BCUT2D eigenvalue weighted by atomic mass is 10.2. The van der Waals surface area contributed by atoms with Gasteiger partial charge in [0.05, 0.1) is 17.1 Å². The van der Waals surface area contributed by atoms with Crippen molar-refractivity contribution in [3.63, 3.8) is 0 Å². The fourth-order valence-corrected chi connectivity index (χ4v) is 1.58. The number of nitrogens with one attached hydrogen (secondary N) is 1. The Morgan fingerprint density at radius 1 is 1.47 bits per heavy atom. The summed E-state index contributed by atoms with van der Waals surface area (Å²) < 4.78 is 4.68. The summed E-state index contributed by atoms with van der Waals surface area (Å²) >= 11 is 5.83. The number of aromatic carboxylic acids is 1. The van der Waals surface area contributed by atoms with Crippen LogP contribution < -0.4 is 5.32 Å². The van der Waals surface area contributed by atoms with Crippen LogP contribution in [0.25, 0.3) is 0 Å². The number of anilines is 1. The van der Waals surface area contributed by atoms with Gasteiger partial charge in [0.1, 0.15) is 12.0 Å². The van der Waals surface area contributed by atoms with Crippen LogP contribution in [0.1, 0.15) is 16.1 Å². The van der Waals surface area contributed by atoms with Crippen LogP contribution in [0.3, 0.4) is 0 Å². The number of halogens is 1. The molecule has 0 saturated carbocycles. The summed E-state index contributed by atoms with van der Waals surface area (Å²) in [6, 6.07) is 6.40. The lowest BCUT2D eigenvalue weighted by Crippen LogP contribution is -2.02. The van der Waals surface area contributed by atoms with Crippen LogP contribution in [0.4, 0.5) is 5.69 Å². The zero-order valence-corrected chi connectivity index (χ0v) is 9.44. The molecule has 0 unspecified atom stereocenters. The van der Waals surface area contributed by atoms with Gasteiger partial charge in [-0.15, -0.1) is 0 Å². The molecule has 0 bridgehead atoms. The first-order valence-corrected chi connectivity index (χ1v) is 5.20. The normalized spacial score (nSPS) is 10.2. The van der Waals surface area contributed by atoms with E-state index < -0.39 is 5.97 Å². The average molecular weight is 253 g/mol. The molecule has 2 N–H and O–H groups in total. The Morgan fingerprint density at radius 3 is 2.88 bits per heavy atom. The topological polar surface area (TPSA) is 75.4 Å². The van der Waals surface area contributed by atoms with E-state index >= 15 is 0 Å². The molecular formula is C11H9ClN2O3. The van der Waals surface area contributed by atoms with Crippen LogP contribution in [-0.4, -0.2) is 16.2 Å². The highest BCUT2D eigenvalue weighted by molar-refractivity contribution is 6.33. The van der Waals surface area contributed by atoms with E-state index in [1.807, 2.05) is 0 Å². The van der Waals surface area contributed by atoms with Gasteiger partial charge in [0.15, 0.2) is 0 Å². The fraction of sp³-hybridized carbons (Fsp3) is 0.0909. The second-order valence-corrected chi connectivity index (χ2v) is 3.75. The minimum atomic E-state index is -1.04. The molecule has 0 aliphatic rings. The van der Waals surface area contributed by atoms with E-state index in [1.165, 1.54) is 12.3 Å². The molecule has 88 valence electrons. The maximum atomic E-state index is 10.8. The van der Waals surface area contributed by atoms with E-state index in [-0.39, 0.29) is 10.6 Å². The molecule has 1 aromatic heterocycles. The third-order valence-electron chi connectivity index (χ3n) is 2.16. The highest BCUT2D eigenvalue weighted by Gasteiger charge is 2.08. The molecule has 1 aromatic carbocycles. The van der Waals surface area contributed by atoms with Gasteiger partial charge in [0.25, 0.3) is 0 Å². The summed E-state index contributed by atoms with van der Waals surface area (Å²) in [6.45, 7) is 0.485. The second kappa shape index (κ2) is 4.88. The standard InChI is InChI=1S/C11H9ClN2O3/c12-10-5-7(1-2-9(10)11(15)16)13-6-8-3-4-17-14-8/h1-5,13H,6H2,(H,15,16). The van der Waals surface area contributed by atoms with Crippen molar-refractivity contribution in [3.05, 3.63) is 46.8 Å². The number of carboxylic acids is 1. The first-order chi connectivity index (χ1) is 8.16. The zero-order chi connectivity index (χ0) is 12.3. The van der Waals surface area contributed by atoms with Crippen LogP contribution in [-0.2, 0) is 6.54 Å². The molecule has 1 heterocycles. The number of nitrogens with zero attached hydrogens (tertiary/aromatic N) is 1. The van der Waals surface area contributed by atoms with Crippen molar-refractivity contribution in [1.29, 1.82) is 0 Å². The number of carbonyl (C=O) groups is 1. The van der Waals surface area contributed by atoms with Gasteiger partial charge in [0, 0.05) is 11.8 Å². The van der Waals surface area contributed by atoms with E-state index in [2.05, 4.69) is 15.0 Å². The predicted octanol–water partition coefficient (Wildman–Crippen LogP) is 2.64. The summed E-state index contributed by atoms with van der Waals surface area (Å²) in [5, 5.41) is 15.8. The molecule has 0 amide bonds. The Bertz CT molecular complexity index is 526. The summed E-state index contributed by atoms with van der Waals surface area (Å²) in [4.78, 5) is 10.8. The molecule has 2 aromatic rings. The van der Waals surface area contributed by atoms with E-state index in [9.17, 15) is 4.79 Å². The Morgan fingerprint density at radius 2 is 2.29 bits per heavy atom. The van der Waals surface area contributed by atoms with Crippen molar-refractivity contribution < 1.29 is 14.4 Å². The lowest BCUT2D eigenvalue weighted by Gasteiger charge is -2.06. The minimum absolute atomic E-state index is 0.0821. The number of aromatic nitrogens is 1. The van der Waals surface area contributed by atoms with Crippen molar-refractivity contribution in [3.8, 4) is 0 Å². The monoisotopic (exact) mass is 252 g/mol. The number of hydrogen-bond donors (Lipinski definition) is 2. The molecule has 0 atom stereocenters. The first kappa shape index (κ1) is 11.5. The van der Waals surface area contributed by atoms with Gasteiger partial charge in [-0.05, 0) is 18.2 Å². The molecule has 0 radical (unpaired) electrons. The fourth-order valence-electron chi connectivity index (χ4n) is 1.32. The van der Waals surface area contributed by atoms with Gasteiger partial charge in [-0.1, -0.05) is 16.8 Å². The van der Waals surface area contributed by atoms with Gasteiger partial charge in [-0.25, -0.2) is 4.79 Å². The molecule has 17 heavy (non-hydrogen) atoms. The van der Waals surface area contributed by atoms with Gasteiger partial charge in [0.2, 0.25) is 0 Å². The van der Waals surface area contributed by atoms with Crippen molar-refractivity contribution in [2.45, 2.75) is 6.54 Å². The molecule has 0 aliphatic heterocycles. The smallest absolute Gasteiger partial charge is 0.337 e. The molecular weight excluding hydrogens is 244 g/mol. The third-order valence-corrected chi connectivity index (χ3v) is 2.48. The summed E-state index contributed by atoms with van der Waals surface area (Å²) in [6.07, 6.45) is 1.48. The van der Waals surface area contributed by atoms with Crippen LogP contribution >= 0.6 is 11.6 Å². The zero-order valence-electron chi connectivity index (χ0n) is 8.68. The quantitative estimate of drug-likeness (QED) is 0.875. The molecule has 0 spiro atoms. The number of rotatable bonds is 4. The maximum Gasteiger partial charge on any atom is 0.337 e. The van der Waals surface area contributed by atoms with E-state index in [4.69, 9.17) is 16.7 Å². The molecule has 6 heteroatoms. The average Bonchev–Trinajstić information content (AvgIpc) is 2.78. The Labute approximate surface area is 102 Å². The SMILES string of the molecule is O=C(O)c1ccc(NCc2ccon2)cc1Cl. The van der Waals surface area contributed by atoms with E-state index in [0.29, 0.717) is 6.54 Å². The van der Waals surface area contributed by atoms with Crippen LogP contribution in [0, 0.1) is 0 Å². The largest absolute Gasteiger partial charge is 0.478 e. The van der Waals surface area contributed by atoms with Crippen molar-refractivity contribution >= 4 is 23.3 Å². The van der Waals surface area contributed by atoms with Crippen molar-refractivity contribution in [1.82, 2.24) is 5.16 Å². The van der Waals surface area contributed by atoms with Crippen molar-refractivity contribution in [2.75, 3.05) is 5.32 Å². The molecule has 5 nitrogen and oxygen atoms in total. The Hall–Kier alpha value is -2.01. The number of hydrogen-bond acceptors (Lipinski definition) is 4. The van der Waals surface area contributed by atoms with Gasteiger partial charge in [-0.2, -0.15) is 0 Å². The third kappa shape index (κ3) is 2.76. The maximum absolute atomic E-state index is 10.8. The summed E-state index contributed by atoms with van der Waals surface area (Å²) in [7, 11) is 0. The van der Waals surface area contributed by atoms with Gasteiger partial charge in [-0.3, -0.25) is 0 Å². The van der Waals surface area contributed by atoms with Gasteiger partial charge >= 0.3 is 5.97 Å². The van der Waals surface area contributed by atoms with Crippen molar-refractivity contribution in [2.24, 2.45) is 0 Å². The highest BCUT2D eigenvalue weighted by atomic mass is 35.5. The second-order valence-electron chi connectivity index (χ2n) is 3.34. The molecule has 0 aliphatic carbocycles. The van der Waals surface area contributed by atoms with Crippen LogP contribution in [0.5, 0.6) is 0 Å². The first-order valence-electron chi connectivity index (χ1n) is 4.83. The Balaban J connectivity index is 2.07. The van der Waals surface area contributed by atoms with Crippen LogP contribution in [0.15, 0.2) is 35.1 Å². The molecule has 0 saturated heterocycles. The van der Waals surface area contributed by atoms with E-state index in [0.717, 1.165) is 11.4 Å². The van der Waals surface area contributed by atoms with E-state index in [1.54, 1.807) is 18.2 Å². The highest BCUT2D eigenvalue weighted by Crippen LogP contribution is 2.21. The molecule has 2 rings (SSSR count). The number of benzene rings is 1. The summed E-state index contributed by atoms with van der Waals surface area (Å²) in [5.74, 6) is -1.04. The minimum Gasteiger partial charge on any atom is -0.478 e. The summed E-state index contributed by atoms with van der Waals surface area (Å²) in [5.41, 5.74) is 1.56. The van der Waals surface area contributed by atoms with Gasteiger partial charge < -0.3 is 14.9 Å². The lowest BCUT2D eigenvalue weighted by molar-refractivity contribution is 0.0697.